The van der Waals surface area contributed by atoms with Crippen molar-refractivity contribution < 1.29 is 17.9 Å². The van der Waals surface area contributed by atoms with Gasteiger partial charge in [0.15, 0.2) is 0 Å². The third-order valence-electron chi connectivity index (χ3n) is 3.81. The summed E-state index contributed by atoms with van der Waals surface area (Å²) in [6.07, 6.45) is -2.93. The molecule has 0 spiro atoms. The van der Waals surface area contributed by atoms with Crippen LogP contribution in [0.25, 0.3) is 0 Å². The Hall–Kier alpha value is -1.48. The maximum atomic E-state index is 13.8. The molecule has 4 nitrogen and oxygen atoms in total. The van der Waals surface area contributed by atoms with E-state index in [4.69, 9.17) is 16.3 Å². The van der Waals surface area contributed by atoms with Crippen molar-refractivity contribution in [1.82, 2.24) is 8.87 Å². The SMILES string of the molecule is CCN(Sc1ccc(=O)n(CCOC)c1)[C@H](c1ccc(Cl)cc1)C(F)(F)F. The number of methoxy groups -OCH3 is 1. The van der Waals surface area contributed by atoms with Crippen LogP contribution in [0.4, 0.5) is 13.2 Å². The minimum absolute atomic E-state index is 0.106. The number of alkyl halides is 3. The first kappa shape index (κ1) is 21.8. The van der Waals surface area contributed by atoms with Gasteiger partial charge in [0.1, 0.15) is 6.04 Å². The van der Waals surface area contributed by atoms with Crippen LogP contribution in [0.15, 0.2) is 52.3 Å². The van der Waals surface area contributed by atoms with Crippen molar-refractivity contribution in [2.45, 2.75) is 30.6 Å². The molecule has 0 bridgehead atoms. The van der Waals surface area contributed by atoms with Crippen molar-refractivity contribution in [3.8, 4) is 0 Å². The van der Waals surface area contributed by atoms with Gasteiger partial charge in [-0.1, -0.05) is 30.7 Å². The second kappa shape index (κ2) is 9.64. The molecule has 1 atom stereocenters. The Morgan fingerprint density at radius 2 is 1.89 bits per heavy atom. The van der Waals surface area contributed by atoms with Gasteiger partial charge < -0.3 is 9.30 Å². The van der Waals surface area contributed by atoms with Gasteiger partial charge in [-0.2, -0.15) is 13.2 Å². The molecule has 0 aliphatic carbocycles. The van der Waals surface area contributed by atoms with Crippen molar-refractivity contribution in [2.24, 2.45) is 0 Å². The molecule has 0 saturated carbocycles. The van der Waals surface area contributed by atoms with E-state index in [-0.39, 0.29) is 17.7 Å². The molecule has 0 amide bonds. The molecule has 0 N–H and O–H groups in total. The van der Waals surface area contributed by atoms with Crippen molar-refractivity contribution in [3.63, 3.8) is 0 Å². The fourth-order valence-corrected chi connectivity index (χ4v) is 3.70. The number of benzene rings is 1. The number of halogens is 4. The average molecular weight is 421 g/mol. The maximum absolute atomic E-state index is 13.8. The lowest BCUT2D eigenvalue weighted by Gasteiger charge is -2.31. The van der Waals surface area contributed by atoms with Crippen LogP contribution < -0.4 is 5.56 Å². The molecule has 0 aliphatic heterocycles. The van der Waals surface area contributed by atoms with E-state index in [1.54, 1.807) is 13.1 Å². The summed E-state index contributed by atoms with van der Waals surface area (Å²) in [4.78, 5) is 12.4. The number of hydrogen-bond donors (Lipinski definition) is 0. The minimum Gasteiger partial charge on any atom is -0.383 e. The van der Waals surface area contributed by atoms with Crippen molar-refractivity contribution in [2.75, 3.05) is 20.3 Å². The van der Waals surface area contributed by atoms with Crippen LogP contribution in [0.3, 0.4) is 0 Å². The predicted molar refractivity (Wildman–Crippen MR) is 101 cm³/mol. The summed E-state index contributed by atoms with van der Waals surface area (Å²) in [7, 11) is 1.52. The molecule has 1 aromatic heterocycles. The Kier molecular flexibility index (Phi) is 7.79. The smallest absolute Gasteiger partial charge is 0.383 e. The molecule has 2 rings (SSSR count). The molecule has 1 aromatic carbocycles. The van der Waals surface area contributed by atoms with E-state index < -0.39 is 12.2 Å². The van der Waals surface area contributed by atoms with E-state index in [0.717, 1.165) is 11.9 Å². The quantitative estimate of drug-likeness (QED) is 0.575. The highest BCUT2D eigenvalue weighted by Gasteiger charge is 2.44. The topological polar surface area (TPSA) is 34.5 Å². The number of aromatic nitrogens is 1. The summed E-state index contributed by atoms with van der Waals surface area (Å²) >= 11 is 6.76. The molecule has 0 fully saturated rings. The van der Waals surface area contributed by atoms with E-state index in [0.29, 0.717) is 23.1 Å². The Morgan fingerprint density at radius 1 is 1.22 bits per heavy atom. The highest BCUT2D eigenvalue weighted by molar-refractivity contribution is 7.97. The normalized spacial score (nSPS) is 13.1. The summed E-state index contributed by atoms with van der Waals surface area (Å²) in [5.74, 6) is 0. The third-order valence-corrected chi connectivity index (χ3v) is 5.22. The molecule has 0 unspecified atom stereocenters. The van der Waals surface area contributed by atoms with Gasteiger partial charge in [0, 0.05) is 42.4 Å². The monoisotopic (exact) mass is 420 g/mol. The van der Waals surface area contributed by atoms with Gasteiger partial charge in [0.25, 0.3) is 5.56 Å². The maximum Gasteiger partial charge on any atom is 0.408 e. The summed E-state index contributed by atoms with van der Waals surface area (Å²) in [5, 5.41) is 0.376. The second-order valence-corrected chi connectivity index (χ2v) is 7.27. The lowest BCUT2D eigenvalue weighted by molar-refractivity contribution is -0.172. The standard InChI is InChI=1S/C18H20ClF3N2O2S/c1-3-24(17(18(20,21)22)13-4-6-14(19)7-5-13)27-15-8-9-16(25)23(12-15)10-11-26-2/h4-9,12,17H,3,10-11H2,1-2H3/t17-/m1/s1. The highest BCUT2D eigenvalue weighted by atomic mass is 35.5. The van der Waals surface area contributed by atoms with Crippen molar-refractivity contribution in [1.29, 1.82) is 0 Å². The Balaban J connectivity index is 2.32. The first-order valence-corrected chi connectivity index (χ1v) is 9.37. The Morgan fingerprint density at radius 3 is 2.44 bits per heavy atom. The fraction of sp³-hybridized carbons (Fsp3) is 0.389. The number of pyridine rings is 1. The minimum atomic E-state index is -4.47. The van der Waals surface area contributed by atoms with E-state index in [9.17, 15) is 18.0 Å². The van der Waals surface area contributed by atoms with Gasteiger partial charge in [-0.15, -0.1) is 0 Å². The lowest BCUT2D eigenvalue weighted by Crippen LogP contribution is -2.34. The average Bonchev–Trinajstić information content (AvgIpc) is 2.62. The van der Waals surface area contributed by atoms with Crippen LogP contribution in [0.5, 0.6) is 0 Å². The van der Waals surface area contributed by atoms with Crippen molar-refractivity contribution in [3.05, 3.63) is 63.5 Å². The van der Waals surface area contributed by atoms with E-state index >= 15 is 0 Å². The van der Waals surface area contributed by atoms with Crippen molar-refractivity contribution >= 4 is 23.5 Å². The van der Waals surface area contributed by atoms with Gasteiger partial charge in [-0.05, 0) is 35.7 Å². The highest BCUT2D eigenvalue weighted by Crippen LogP contribution is 2.42. The van der Waals surface area contributed by atoms with Crippen LogP contribution in [0.1, 0.15) is 18.5 Å². The second-order valence-electron chi connectivity index (χ2n) is 5.71. The molecule has 0 saturated heterocycles. The number of rotatable bonds is 8. The molecule has 148 valence electrons. The van der Waals surface area contributed by atoms with Gasteiger partial charge in [-0.3, -0.25) is 4.79 Å². The predicted octanol–water partition coefficient (Wildman–Crippen LogP) is 4.78. The van der Waals surface area contributed by atoms with Gasteiger partial charge >= 0.3 is 6.18 Å². The summed E-state index contributed by atoms with van der Waals surface area (Å²) in [6.45, 7) is 2.47. The van der Waals surface area contributed by atoms with E-state index in [1.165, 1.54) is 52.4 Å². The molecule has 9 heteroatoms. The molecule has 0 aliphatic rings. The summed E-state index contributed by atoms with van der Waals surface area (Å²) < 4.78 is 49.0. The zero-order valence-electron chi connectivity index (χ0n) is 14.9. The number of ether oxygens (including phenoxy) is 1. The van der Waals surface area contributed by atoms with E-state index in [2.05, 4.69) is 0 Å². The first-order valence-electron chi connectivity index (χ1n) is 8.22. The van der Waals surface area contributed by atoms with Gasteiger partial charge in [-0.25, -0.2) is 4.31 Å². The Bertz CT molecular complexity index is 796. The zero-order valence-corrected chi connectivity index (χ0v) is 16.4. The van der Waals surface area contributed by atoms with Crippen LogP contribution in [0, 0.1) is 0 Å². The molecule has 2 aromatic rings. The van der Waals surface area contributed by atoms with Gasteiger partial charge in [0.05, 0.1) is 6.61 Å². The molecule has 1 heterocycles. The first-order chi connectivity index (χ1) is 12.8. The van der Waals surface area contributed by atoms with E-state index in [1.807, 2.05) is 0 Å². The molecule has 27 heavy (non-hydrogen) atoms. The number of nitrogens with zero attached hydrogens (tertiary/aromatic N) is 2. The van der Waals surface area contributed by atoms with Crippen LogP contribution in [0.2, 0.25) is 5.02 Å². The van der Waals surface area contributed by atoms with Gasteiger partial charge in [0.2, 0.25) is 0 Å². The zero-order chi connectivity index (χ0) is 20.0. The molecular formula is C18H20ClF3N2O2S. The fourth-order valence-electron chi connectivity index (χ4n) is 2.53. The lowest BCUT2D eigenvalue weighted by atomic mass is 10.1. The summed E-state index contributed by atoms with van der Waals surface area (Å²) in [6, 6.07) is 6.71. The number of hydrogen-bond acceptors (Lipinski definition) is 4. The largest absolute Gasteiger partial charge is 0.408 e. The molecular weight excluding hydrogens is 401 g/mol. The van der Waals surface area contributed by atoms with Crippen LogP contribution >= 0.6 is 23.5 Å². The van der Waals surface area contributed by atoms with Crippen LogP contribution in [-0.4, -0.2) is 35.3 Å². The summed E-state index contributed by atoms with van der Waals surface area (Å²) in [5.41, 5.74) is -0.126. The third kappa shape index (κ3) is 6.00. The molecule has 0 radical (unpaired) electrons. The van der Waals surface area contributed by atoms with Crippen LogP contribution in [-0.2, 0) is 11.3 Å². The Labute approximate surface area is 165 Å².